The van der Waals surface area contributed by atoms with Gasteiger partial charge in [0.1, 0.15) is 5.82 Å². The van der Waals surface area contributed by atoms with E-state index in [1.165, 1.54) is 12.3 Å². The van der Waals surface area contributed by atoms with Crippen LogP contribution in [0.15, 0.2) is 12.3 Å². The molecule has 1 N–H and O–H groups in total. The summed E-state index contributed by atoms with van der Waals surface area (Å²) in [5.74, 6) is -0.472. The third-order valence-corrected chi connectivity index (χ3v) is 1.55. The molecular formula is C9H12N2O2. The fourth-order valence-corrected chi connectivity index (χ4v) is 0.839. The number of carboxylic acid groups (broad SMARTS) is 1. The van der Waals surface area contributed by atoms with Gasteiger partial charge in [0.15, 0.2) is 5.69 Å². The van der Waals surface area contributed by atoms with Crippen molar-refractivity contribution in [1.82, 2.24) is 9.97 Å². The zero-order valence-electron chi connectivity index (χ0n) is 7.90. The van der Waals surface area contributed by atoms with E-state index < -0.39 is 5.97 Å². The number of carbonyl (C=O) groups is 1. The van der Waals surface area contributed by atoms with Crippen LogP contribution < -0.4 is 0 Å². The molecule has 0 spiro atoms. The van der Waals surface area contributed by atoms with Crippen molar-refractivity contribution in [1.29, 1.82) is 0 Å². The summed E-state index contributed by atoms with van der Waals surface area (Å²) in [6.07, 6.45) is 1.47. The Bertz CT molecular complexity index is 329. The van der Waals surface area contributed by atoms with Gasteiger partial charge in [-0.25, -0.2) is 14.8 Å². The zero-order chi connectivity index (χ0) is 10.1. The highest BCUT2D eigenvalue weighted by molar-refractivity contribution is 5.85. The number of rotatable bonds is 1. The maximum absolute atomic E-state index is 10.6. The summed E-state index contributed by atoms with van der Waals surface area (Å²) < 4.78 is 0. The Kier molecular flexibility index (Phi) is 2.32. The summed E-state index contributed by atoms with van der Waals surface area (Å²) in [5.41, 5.74) is -0.175. The van der Waals surface area contributed by atoms with Crippen LogP contribution in [0.5, 0.6) is 0 Å². The predicted octanol–water partition coefficient (Wildman–Crippen LogP) is 1.47. The van der Waals surface area contributed by atoms with Crippen LogP contribution in [-0.4, -0.2) is 21.0 Å². The first-order valence-corrected chi connectivity index (χ1v) is 3.98. The molecule has 13 heavy (non-hydrogen) atoms. The molecule has 0 radical (unpaired) electrons. The van der Waals surface area contributed by atoms with Gasteiger partial charge in [0.25, 0.3) is 0 Å². The monoisotopic (exact) mass is 180 g/mol. The van der Waals surface area contributed by atoms with Gasteiger partial charge in [-0.3, -0.25) is 0 Å². The molecule has 0 saturated carbocycles. The van der Waals surface area contributed by atoms with Crippen LogP contribution in [0.1, 0.15) is 37.1 Å². The largest absolute Gasteiger partial charge is 0.477 e. The lowest BCUT2D eigenvalue weighted by Crippen LogP contribution is -2.17. The Morgan fingerprint density at radius 3 is 2.54 bits per heavy atom. The van der Waals surface area contributed by atoms with Gasteiger partial charge in [0.05, 0.1) is 0 Å². The maximum Gasteiger partial charge on any atom is 0.354 e. The predicted molar refractivity (Wildman–Crippen MR) is 47.7 cm³/mol. The second kappa shape index (κ2) is 3.12. The van der Waals surface area contributed by atoms with Crippen molar-refractivity contribution in [3.8, 4) is 0 Å². The van der Waals surface area contributed by atoms with Crippen molar-refractivity contribution < 1.29 is 9.90 Å². The zero-order valence-corrected chi connectivity index (χ0v) is 7.90. The van der Waals surface area contributed by atoms with Crippen LogP contribution in [0.3, 0.4) is 0 Å². The van der Waals surface area contributed by atoms with Crippen molar-refractivity contribution in [3.63, 3.8) is 0 Å². The van der Waals surface area contributed by atoms with Gasteiger partial charge >= 0.3 is 5.97 Å². The summed E-state index contributed by atoms with van der Waals surface area (Å²) in [6, 6.07) is 1.39. The van der Waals surface area contributed by atoms with Gasteiger partial charge < -0.3 is 5.11 Å². The molecule has 0 bridgehead atoms. The van der Waals surface area contributed by atoms with Gasteiger partial charge in [0.2, 0.25) is 0 Å². The summed E-state index contributed by atoms with van der Waals surface area (Å²) in [5, 5.41) is 8.68. The average Bonchev–Trinajstić information content (AvgIpc) is 2.03. The minimum Gasteiger partial charge on any atom is -0.477 e. The first-order chi connectivity index (χ1) is 5.91. The van der Waals surface area contributed by atoms with E-state index in [2.05, 4.69) is 9.97 Å². The molecule has 0 fully saturated rings. The number of hydrogen-bond donors (Lipinski definition) is 1. The fraction of sp³-hybridized carbons (Fsp3) is 0.444. The third kappa shape index (κ3) is 2.24. The highest BCUT2D eigenvalue weighted by Crippen LogP contribution is 2.17. The van der Waals surface area contributed by atoms with Crippen LogP contribution in [0.2, 0.25) is 0 Å². The van der Waals surface area contributed by atoms with E-state index in [9.17, 15) is 4.79 Å². The summed E-state index contributed by atoms with van der Waals surface area (Å²) >= 11 is 0. The summed E-state index contributed by atoms with van der Waals surface area (Å²) in [6.45, 7) is 5.82. The van der Waals surface area contributed by atoms with Gasteiger partial charge in [-0.05, 0) is 6.07 Å². The first-order valence-electron chi connectivity index (χ1n) is 3.98. The van der Waals surface area contributed by atoms with Crippen LogP contribution >= 0.6 is 0 Å². The molecule has 0 aliphatic rings. The standard InChI is InChI=1S/C9H12N2O2/c1-9(2,3)8-10-5-4-6(11-8)7(12)13/h4-5H,1-3H3,(H,12,13). The van der Waals surface area contributed by atoms with Crippen molar-refractivity contribution >= 4 is 5.97 Å². The molecule has 0 atom stereocenters. The van der Waals surface area contributed by atoms with E-state index in [1.54, 1.807) is 0 Å². The Morgan fingerprint density at radius 2 is 2.08 bits per heavy atom. The number of nitrogens with zero attached hydrogens (tertiary/aromatic N) is 2. The van der Waals surface area contributed by atoms with Crippen molar-refractivity contribution in [2.45, 2.75) is 26.2 Å². The lowest BCUT2D eigenvalue weighted by atomic mass is 9.96. The number of aromatic carboxylic acids is 1. The molecule has 1 aromatic rings. The van der Waals surface area contributed by atoms with Gasteiger partial charge in [0, 0.05) is 11.6 Å². The smallest absolute Gasteiger partial charge is 0.354 e. The molecule has 1 aromatic heterocycles. The molecule has 0 aliphatic carbocycles. The summed E-state index contributed by atoms with van der Waals surface area (Å²) in [7, 11) is 0. The van der Waals surface area contributed by atoms with E-state index >= 15 is 0 Å². The molecule has 0 saturated heterocycles. The Labute approximate surface area is 76.7 Å². The number of hydrogen-bond acceptors (Lipinski definition) is 3. The van der Waals surface area contributed by atoms with Gasteiger partial charge in [-0.15, -0.1) is 0 Å². The van der Waals surface area contributed by atoms with Crippen LogP contribution in [0.25, 0.3) is 0 Å². The lowest BCUT2D eigenvalue weighted by molar-refractivity contribution is 0.0689. The van der Waals surface area contributed by atoms with E-state index in [1.807, 2.05) is 20.8 Å². The molecule has 1 heterocycles. The molecule has 0 amide bonds. The molecule has 1 rings (SSSR count). The fourth-order valence-electron chi connectivity index (χ4n) is 0.839. The molecule has 70 valence electrons. The highest BCUT2D eigenvalue weighted by atomic mass is 16.4. The van der Waals surface area contributed by atoms with E-state index in [-0.39, 0.29) is 11.1 Å². The quantitative estimate of drug-likeness (QED) is 0.710. The van der Waals surface area contributed by atoms with E-state index in [4.69, 9.17) is 5.11 Å². The Balaban J connectivity index is 3.13. The van der Waals surface area contributed by atoms with Crippen molar-refractivity contribution in [2.24, 2.45) is 0 Å². The maximum atomic E-state index is 10.6. The Morgan fingerprint density at radius 1 is 1.46 bits per heavy atom. The third-order valence-electron chi connectivity index (χ3n) is 1.55. The topological polar surface area (TPSA) is 63.1 Å². The summed E-state index contributed by atoms with van der Waals surface area (Å²) in [4.78, 5) is 18.5. The van der Waals surface area contributed by atoms with E-state index in [0.717, 1.165) is 0 Å². The second-order valence-corrected chi connectivity index (χ2v) is 3.82. The minimum atomic E-state index is -1.02. The molecular weight excluding hydrogens is 168 g/mol. The SMILES string of the molecule is CC(C)(C)c1nccc(C(=O)O)n1. The Hall–Kier alpha value is -1.45. The number of aromatic nitrogens is 2. The lowest BCUT2D eigenvalue weighted by Gasteiger charge is -2.15. The van der Waals surface area contributed by atoms with Gasteiger partial charge in [-0.2, -0.15) is 0 Å². The molecule has 4 nitrogen and oxygen atoms in total. The van der Waals surface area contributed by atoms with Crippen molar-refractivity contribution in [3.05, 3.63) is 23.8 Å². The van der Waals surface area contributed by atoms with Crippen LogP contribution in [-0.2, 0) is 5.41 Å². The second-order valence-electron chi connectivity index (χ2n) is 3.82. The van der Waals surface area contributed by atoms with E-state index in [0.29, 0.717) is 5.82 Å². The highest BCUT2D eigenvalue weighted by Gasteiger charge is 2.18. The minimum absolute atomic E-state index is 0.0416. The first kappa shape index (κ1) is 9.64. The average molecular weight is 180 g/mol. The van der Waals surface area contributed by atoms with Crippen LogP contribution in [0, 0.1) is 0 Å². The van der Waals surface area contributed by atoms with Crippen LogP contribution in [0.4, 0.5) is 0 Å². The number of carboxylic acids is 1. The normalized spacial score (nSPS) is 11.3. The molecule has 4 heteroatoms. The molecule has 0 aliphatic heterocycles. The molecule has 0 unspecified atom stereocenters. The van der Waals surface area contributed by atoms with Crippen molar-refractivity contribution in [2.75, 3.05) is 0 Å². The molecule has 0 aromatic carbocycles. The van der Waals surface area contributed by atoms with Gasteiger partial charge in [-0.1, -0.05) is 20.8 Å².